The zero-order valence-corrected chi connectivity index (χ0v) is 13.1. The molecule has 0 bridgehead atoms. The van der Waals surface area contributed by atoms with Gasteiger partial charge in [0.25, 0.3) is 0 Å². The van der Waals surface area contributed by atoms with Crippen LogP contribution in [0.4, 0.5) is 8.78 Å². The van der Waals surface area contributed by atoms with Crippen LogP contribution < -0.4 is 5.32 Å². The Kier molecular flexibility index (Phi) is 5.66. The van der Waals surface area contributed by atoms with E-state index in [4.69, 9.17) is 0 Å². The summed E-state index contributed by atoms with van der Waals surface area (Å²) in [5.74, 6) is -0.0749. The SMILES string of the molecule is CN(CC(=O)NC1(C#N)CCCCC1)Cc1nccn1C(F)F. The van der Waals surface area contributed by atoms with Gasteiger partial charge in [-0.1, -0.05) is 19.3 Å². The Morgan fingerprint density at radius 1 is 1.52 bits per heavy atom. The normalized spacial score (nSPS) is 17.2. The van der Waals surface area contributed by atoms with Gasteiger partial charge in [-0.05, 0) is 19.9 Å². The summed E-state index contributed by atoms with van der Waals surface area (Å²) in [4.78, 5) is 17.6. The highest BCUT2D eigenvalue weighted by atomic mass is 19.3. The molecule has 1 aromatic heterocycles. The number of rotatable bonds is 6. The molecule has 8 heteroatoms. The van der Waals surface area contributed by atoms with E-state index < -0.39 is 12.1 Å². The molecule has 0 atom stereocenters. The number of likely N-dealkylation sites (N-methyl/N-ethyl adjacent to an activating group) is 1. The second-order valence-electron chi connectivity index (χ2n) is 6.00. The van der Waals surface area contributed by atoms with Gasteiger partial charge in [0.15, 0.2) is 0 Å². The number of hydrogen-bond donors (Lipinski definition) is 1. The van der Waals surface area contributed by atoms with Crippen molar-refractivity contribution in [2.45, 2.75) is 50.7 Å². The number of aromatic nitrogens is 2. The van der Waals surface area contributed by atoms with Gasteiger partial charge in [-0.15, -0.1) is 0 Å². The Bertz CT molecular complexity index is 575. The predicted octanol–water partition coefficient (Wildman–Crippen LogP) is 2.05. The summed E-state index contributed by atoms with van der Waals surface area (Å²) in [7, 11) is 1.66. The van der Waals surface area contributed by atoms with Crippen LogP contribution in [0, 0.1) is 11.3 Å². The van der Waals surface area contributed by atoms with Gasteiger partial charge in [-0.25, -0.2) is 4.98 Å². The van der Waals surface area contributed by atoms with E-state index in [9.17, 15) is 18.8 Å². The lowest BCUT2D eigenvalue weighted by atomic mass is 9.83. The molecule has 1 aliphatic carbocycles. The van der Waals surface area contributed by atoms with Crippen molar-refractivity contribution >= 4 is 5.91 Å². The van der Waals surface area contributed by atoms with Crippen LogP contribution in [-0.2, 0) is 11.3 Å². The third-order valence-electron chi connectivity index (χ3n) is 4.08. The molecule has 1 N–H and O–H groups in total. The number of carbonyl (C=O) groups excluding carboxylic acids is 1. The number of hydrogen-bond acceptors (Lipinski definition) is 4. The van der Waals surface area contributed by atoms with Crippen LogP contribution in [0.2, 0.25) is 0 Å². The first-order valence-electron chi connectivity index (χ1n) is 7.66. The van der Waals surface area contributed by atoms with Gasteiger partial charge in [0.05, 0.1) is 19.2 Å². The van der Waals surface area contributed by atoms with Crippen molar-refractivity contribution < 1.29 is 13.6 Å². The summed E-state index contributed by atoms with van der Waals surface area (Å²) < 4.78 is 26.3. The highest BCUT2D eigenvalue weighted by Crippen LogP contribution is 2.27. The molecule has 0 aliphatic heterocycles. The summed E-state index contributed by atoms with van der Waals surface area (Å²) >= 11 is 0. The van der Waals surface area contributed by atoms with Gasteiger partial charge in [-0.2, -0.15) is 14.0 Å². The minimum atomic E-state index is -2.65. The number of nitrogens with zero attached hydrogens (tertiary/aromatic N) is 4. The Labute approximate surface area is 134 Å². The summed E-state index contributed by atoms with van der Waals surface area (Å²) in [5.41, 5.74) is -0.780. The molecule has 1 heterocycles. The van der Waals surface area contributed by atoms with Crippen LogP contribution in [0.3, 0.4) is 0 Å². The van der Waals surface area contributed by atoms with E-state index in [2.05, 4.69) is 16.4 Å². The fourth-order valence-corrected chi connectivity index (χ4v) is 2.91. The van der Waals surface area contributed by atoms with Gasteiger partial charge < -0.3 is 5.32 Å². The standard InChI is InChI=1S/C15H21F2N5O/c1-21(9-12-19-7-8-22(12)14(16)17)10-13(23)20-15(11-18)5-3-2-4-6-15/h7-8,14H,2-6,9-10H2,1H3,(H,20,23). The van der Waals surface area contributed by atoms with E-state index in [-0.39, 0.29) is 24.8 Å². The van der Waals surface area contributed by atoms with Gasteiger partial charge in [0.1, 0.15) is 11.4 Å². The van der Waals surface area contributed by atoms with Crippen molar-refractivity contribution in [3.8, 4) is 6.07 Å². The number of carbonyl (C=O) groups is 1. The molecule has 1 fully saturated rings. The molecule has 0 unspecified atom stereocenters. The lowest BCUT2D eigenvalue weighted by Gasteiger charge is -2.32. The second-order valence-corrected chi connectivity index (χ2v) is 6.00. The van der Waals surface area contributed by atoms with E-state index in [0.717, 1.165) is 23.8 Å². The third-order valence-corrected chi connectivity index (χ3v) is 4.08. The first kappa shape index (κ1) is 17.3. The fraction of sp³-hybridized carbons (Fsp3) is 0.667. The molecule has 1 amide bonds. The molecule has 0 aromatic carbocycles. The predicted molar refractivity (Wildman–Crippen MR) is 79.4 cm³/mol. The minimum Gasteiger partial charge on any atom is -0.337 e. The van der Waals surface area contributed by atoms with E-state index in [1.54, 1.807) is 11.9 Å². The maximum absolute atomic E-state index is 12.8. The first-order valence-corrected chi connectivity index (χ1v) is 7.66. The Morgan fingerprint density at radius 2 is 2.22 bits per heavy atom. The molecule has 0 radical (unpaired) electrons. The Morgan fingerprint density at radius 3 is 2.83 bits per heavy atom. The molecule has 2 rings (SSSR count). The monoisotopic (exact) mass is 325 g/mol. The molecular weight excluding hydrogens is 304 g/mol. The summed E-state index contributed by atoms with van der Waals surface area (Å²) in [6.07, 6.45) is 6.77. The lowest BCUT2D eigenvalue weighted by molar-refractivity contribution is -0.123. The fourth-order valence-electron chi connectivity index (χ4n) is 2.91. The van der Waals surface area contributed by atoms with Crippen molar-refractivity contribution in [1.29, 1.82) is 5.26 Å². The van der Waals surface area contributed by atoms with Crippen LogP contribution in [0.15, 0.2) is 12.4 Å². The van der Waals surface area contributed by atoms with Crippen LogP contribution in [0.5, 0.6) is 0 Å². The topological polar surface area (TPSA) is 74.0 Å². The maximum atomic E-state index is 12.8. The molecule has 126 valence electrons. The zero-order valence-electron chi connectivity index (χ0n) is 13.1. The Hall–Kier alpha value is -2.01. The molecule has 23 heavy (non-hydrogen) atoms. The number of nitriles is 1. The van der Waals surface area contributed by atoms with Gasteiger partial charge >= 0.3 is 6.55 Å². The lowest BCUT2D eigenvalue weighted by Crippen LogP contribution is -2.51. The summed E-state index contributed by atoms with van der Waals surface area (Å²) in [6.45, 7) is -2.50. The molecule has 1 aromatic rings. The van der Waals surface area contributed by atoms with Crippen LogP contribution in [-0.4, -0.2) is 39.5 Å². The second kappa shape index (κ2) is 7.51. The number of alkyl halides is 2. The number of nitrogens with one attached hydrogen (secondary N) is 1. The number of halogens is 2. The zero-order chi connectivity index (χ0) is 16.9. The first-order chi connectivity index (χ1) is 11.0. The minimum absolute atomic E-state index is 0.0273. The number of amides is 1. The van der Waals surface area contributed by atoms with E-state index in [1.807, 2.05) is 0 Å². The van der Waals surface area contributed by atoms with Crippen molar-refractivity contribution in [3.63, 3.8) is 0 Å². The highest BCUT2D eigenvalue weighted by molar-refractivity contribution is 5.79. The average Bonchev–Trinajstić information content (AvgIpc) is 2.96. The van der Waals surface area contributed by atoms with E-state index >= 15 is 0 Å². The average molecular weight is 325 g/mol. The van der Waals surface area contributed by atoms with E-state index in [1.165, 1.54) is 12.4 Å². The van der Waals surface area contributed by atoms with Crippen LogP contribution in [0.25, 0.3) is 0 Å². The highest BCUT2D eigenvalue weighted by Gasteiger charge is 2.33. The largest absolute Gasteiger partial charge is 0.337 e. The molecule has 0 spiro atoms. The van der Waals surface area contributed by atoms with Crippen molar-refractivity contribution in [1.82, 2.24) is 19.8 Å². The molecule has 1 saturated carbocycles. The molecule has 1 aliphatic rings. The Balaban J connectivity index is 1.89. The van der Waals surface area contributed by atoms with Crippen LogP contribution >= 0.6 is 0 Å². The van der Waals surface area contributed by atoms with Gasteiger partial charge in [-0.3, -0.25) is 14.3 Å². The summed E-state index contributed by atoms with van der Waals surface area (Å²) in [6, 6.07) is 2.23. The summed E-state index contributed by atoms with van der Waals surface area (Å²) in [5, 5.41) is 12.2. The molecule has 0 saturated heterocycles. The van der Waals surface area contributed by atoms with Gasteiger partial charge in [0.2, 0.25) is 5.91 Å². The van der Waals surface area contributed by atoms with Crippen LogP contribution in [0.1, 0.15) is 44.5 Å². The van der Waals surface area contributed by atoms with E-state index in [0.29, 0.717) is 12.8 Å². The molecule has 6 nitrogen and oxygen atoms in total. The van der Waals surface area contributed by atoms with Crippen molar-refractivity contribution in [2.75, 3.05) is 13.6 Å². The van der Waals surface area contributed by atoms with Crippen molar-refractivity contribution in [3.05, 3.63) is 18.2 Å². The van der Waals surface area contributed by atoms with Gasteiger partial charge in [0, 0.05) is 12.4 Å². The third kappa shape index (κ3) is 4.48. The maximum Gasteiger partial charge on any atom is 0.319 e. The molecular formula is C15H21F2N5O. The number of imidazole rings is 1. The smallest absolute Gasteiger partial charge is 0.319 e. The van der Waals surface area contributed by atoms with Crippen molar-refractivity contribution in [2.24, 2.45) is 0 Å². The quantitative estimate of drug-likeness (QED) is 0.869.